The van der Waals surface area contributed by atoms with Crippen LogP contribution >= 0.6 is 11.3 Å². The second-order valence-corrected chi connectivity index (χ2v) is 9.22. The molecule has 2 amide bonds. The SMILES string of the molecule is O=C(CN1Cc2ccccc2C1=O)N1CCC(Cc2nc(-c3ccsc3)cc(=O)[nH]2)CC1. The van der Waals surface area contributed by atoms with E-state index in [-0.39, 0.29) is 23.9 Å². The highest BCUT2D eigenvalue weighted by molar-refractivity contribution is 7.08. The van der Waals surface area contributed by atoms with Crippen LogP contribution in [0.3, 0.4) is 0 Å². The molecular weight excluding hydrogens is 424 g/mol. The number of benzene rings is 1. The zero-order valence-corrected chi connectivity index (χ0v) is 18.4. The highest BCUT2D eigenvalue weighted by atomic mass is 32.1. The predicted molar refractivity (Wildman–Crippen MR) is 122 cm³/mol. The third-order valence-corrected chi connectivity index (χ3v) is 6.96. The molecule has 164 valence electrons. The van der Waals surface area contributed by atoms with Crippen molar-refractivity contribution in [3.05, 3.63) is 74.5 Å². The minimum atomic E-state index is -0.139. The van der Waals surface area contributed by atoms with E-state index in [1.165, 1.54) is 6.07 Å². The van der Waals surface area contributed by atoms with Crippen LogP contribution in [0.1, 0.15) is 34.6 Å². The molecule has 0 spiro atoms. The molecule has 3 aromatic rings. The van der Waals surface area contributed by atoms with Crippen LogP contribution in [0.4, 0.5) is 0 Å². The third-order valence-electron chi connectivity index (χ3n) is 6.28. The van der Waals surface area contributed by atoms with Crippen molar-refractivity contribution in [2.45, 2.75) is 25.8 Å². The maximum atomic E-state index is 12.8. The number of amides is 2. The lowest BCUT2D eigenvalue weighted by Gasteiger charge is -2.33. The number of nitrogens with one attached hydrogen (secondary N) is 1. The van der Waals surface area contributed by atoms with Gasteiger partial charge >= 0.3 is 0 Å². The molecule has 4 heterocycles. The normalized spacial score (nSPS) is 16.4. The summed E-state index contributed by atoms with van der Waals surface area (Å²) in [5.41, 5.74) is 3.20. The second-order valence-electron chi connectivity index (χ2n) is 8.44. The highest BCUT2D eigenvalue weighted by Gasteiger charge is 2.31. The molecule has 8 heteroatoms. The van der Waals surface area contributed by atoms with Gasteiger partial charge in [-0.15, -0.1) is 0 Å². The average molecular weight is 449 g/mol. The van der Waals surface area contributed by atoms with E-state index in [0.29, 0.717) is 49.1 Å². The van der Waals surface area contributed by atoms with Gasteiger partial charge in [-0.2, -0.15) is 11.3 Å². The molecule has 1 aromatic carbocycles. The van der Waals surface area contributed by atoms with Crippen molar-refractivity contribution in [3.8, 4) is 11.3 Å². The molecule has 2 aliphatic rings. The van der Waals surface area contributed by atoms with Gasteiger partial charge in [0, 0.05) is 48.6 Å². The number of likely N-dealkylation sites (tertiary alicyclic amines) is 1. The first-order valence-electron chi connectivity index (χ1n) is 10.8. The second kappa shape index (κ2) is 8.70. The highest BCUT2D eigenvalue weighted by Crippen LogP contribution is 2.25. The summed E-state index contributed by atoms with van der Waals surface area (Å²) < 4.78 is 0. The van der Waals surface area contributed by atoms with Gasteiger partial charge in [0.25, 0.3) is 11.5 Å². The number of H-pyrrole nitrogens is 1. The summed E-state index contributed by atoms with van der Waals surface area (Å²) in [7, 11) is 0. The molecule has 2 aliphatic heterocycles. The molecule has 32 heavy (non-hydrogen) atoms. The quantitative estimate of drug-likeness (QED) is 0.650. The molecule has 1 saturated heterocycles. The standard InChI is InChI=1S/C24H24N4O3S/c29-22-12-20(18-7-10-32-15-18)25-21(26-22)11-16-5-8-27(9-6-16)23(30)14-28-13-17-3-1-2-4-19(17)24(28)31/h1-4,7,10,12,15-16H,5-6,8-9,11,13-14H2,(H,25,26,29). The Morgan fingerprint density at radius 1 is 1.16 bits per heavy atom. The van der Waals surface area contributed by atoms with Gasteiger partial charge in [0.05, 0.1) is 5.69 Å². The first-order chi connectivity index (χ1) is 15.6. The lowest BCUT2D eigenvalue weighted by Crippen LogP contribution is -2.44. The van der Waals surface area contributed by atoms with Gasteiger partial charge in [0.15, 0.2) is 0 Å². The fourth-order valence-electron chi connectivity index (χ4n) is 4.53. The van der Waals surface area contributed by atoms with E-state index in [1.807, 2.05) is 46.0 Å². The van der Waals surface area contributed by atoms with E-state index in [0.717, 1.165) is 24.0 Å². The van der Waals surface area contributed by atoms with Gasteiger partial charge in [0.2, 0.25) is 5.91 Å². The minimum absolute atomic E-state index is 0.00408. The van der Waals surface area contributed by atoms with E-state index >= 15 is 0 Å². The molecule has 0 saturated carbocycles. The van der Waals surface area contributed by atoms with Crippen molar-refractivity contribution in [3.63, 3.8) is 0 Å². The van der Waals surface area contributed by atoms with E-state index < -0.39 is 0 Å². The molecule has 2 aromatic heterocycles. The van der Waals surface area contributed by atoms with Crippen molar-refractivity contribution in [2.75, 3.05) is 19.6 Å². The minimum Gasteiger partial charge on any atom is -0.341 e. The maximum Gasteiger partial charge on any atom is 0.254 e. The van der Waals surface area contributed by atoms with Crippen molar-refractivity contribution < 1.29 is 9.59 Å². The number of rotatable bonds is 5. The number of hydrogen-bond acceptors (Lipinski definition) is 5. The number of aromatic nitrogens is 2. The van der Waals surface area contributed by atoms with Crippen LogP contribution in [-0.2, 0) is 17.8 Å². The average Bonchev–Trinajstić information content (AvgIpc) is 3.43. The first-order valence-corrected chi connectivity index (χ1v) is 11.8. The summed E-state index contributed by atoms with van der Waals surface area (Å²) in [5, 5.41) is 3.96. The van der Waals surface area contributed by atoms with Crippen molar-refractivity contribution in [1.82, 2.24) is 19.8 Å². The van der Waals surface area contributed by atoms with Crippen LogP contribution in [0.2, 0.25) is 0 Å². The van der Waals surface area contributed by atoms with Crippen molar-refractivity contribution in [2.24, 2.45) is 5.92 Å². The molecule has 0 atom stereocenters. The van der Waals surface area contributed by atoms with Gasteiger partial charge in [-0.05, 0) is 41.8 Å². The molecule has 5 rings (SSSR count). The van der Waals surface area contributed by atoms with E-state index in [4.69, 9.17) is 0 Å². The Balaban J connectivity index is 1.16. The summed E-state index contributed by atoms with van der Waals surface area (Å²) in [5.74, 6) is 0.987. The van der Waals surface area contributed by atoms with Gasteiger partial charge in [-0.25, -0.2) is 4.98 Å². The Hall–Kier alpha value is -3.26. The topological polar surface area (TPSA) is 86.4 Å². The number of nitrogens with zero attached hydrogens (tertiary/aromatic N) is 3. The molecule has 0 aliphatic carbocycles. The van der Waals surface area contributed by atoms with E-state index in [9.17, 15) is 14.4 Å². The lowest BCUT2D eigenvalue weighted by molar-refractivity contribution is -0.133. The molecular formula is C24H24N4O3S. The largest absolute Gasteiger partial charge is 0.341 e. The Morgan fingerprint density at radius 2 is 1.97 bits per heavy atom. The monoisotopic (exact) mass is 448 g/mol. The van der Waals surface area contributed by atoms with Crippen LogP contribution in [0.15, 0.2) is 52.0 Å². The summed E-state index contributed by atoms with van der Waals surface area (Å²) >= 11 is 1.58. The van der Waals surface area contributed by atoms with Crippen molar-refractivity contribution >= 4 is 23.2 Å². The zero-order chi connectivity index (χ0) is 22.1. The van der Waals surface area contributed by atoms with Crippen molar-refractivity contribution in [1.29, 1.82) is 0 Å². The van der Waals surface area contributed by atoms with Crippen LogP contribution < -0.4 is 5.56 Å². The molecule has 0 bridgehead atoms. The Labute approximate surface area is 189 Å². The van der Waals surface area contributed by atoms with Crippen LogP contribution in [0.5, 0.6) is 0 Å². The van der Waals surface area contributed by atoms with Gasteiger partial charge in [0.1, 0.15) is 12.4 Å². The summed E-state index contributed by atoms with van der Waals surface area (Å²) in [6, 6.07) is 11.0. The van der Waals surface area contributed by atoms with E-state index in [2.05, 4.69) is 9.97 Å². The number of thiophene rings is 1. The number of carbonyl (C=O) groups is 2. The van der Waals surface area contributed by atoms with Gasteiger partial charge in [-0.1, -0.05) is 18.2 Å². The molecule has 1 N–H and O–H groups in total. The van der Waals surface area contributed by atoms with Gasteiger partial charge < -0.3 is 14.8 Å². The molecule has 7 nitrogen and oxygen atoms in total. The number of aromatic amines is 1. The summed E-state index contributed by atoms with van der Waals surface area (Å²) in [6.45, 7) is 1.94. The lowest BCUT2D eigenvalue weighted by atomic mass is 9.93. The summed E-state index contributed by atoms with van der Waals surface area (Å²) in [6.07, 6.45) is 2.40. The van der Waals surface area contributed by atoms with Crippen LogP contribution in [-0.4, -0.2) is 51.2 Å². The van der Waals surface area contributed by atoms with E-state index in [1.54, 1.807) is 16.2 Å². The molecule has 0 unspecified atom stereocenters. The number of fused-ring (bicyclic) bond motifs is 1. The first kappa shape index (κ1) is 20.6. The summed E-state index contributed by atoms with van der Waals surface area (Å²) in [4.78, 5) is 48.4. The number of hydrogen-bond donors (Lipinski definition) is 1. The number of piperidine rings is 1. The zero-order valence-electron chi connectivity index (χ0n) is 17.6. The Kier molecular flexibility index (Phi) is 5.61. The molecule has 0 radical (unpaired) electrons. The predicted octanol–water partition coefficient (Wildman–Crippen LogP) is 2.94. The van der Waals surface area contributed by atoms with Crippen LogP contribution in [0.25, 0.3) is 11.3 Å². The van der Waals surface area contributed by atoms with Crippen LogP contribution in [0, 0.1) is 5.92 Å². The third kappa shape index (κ3) is 4.23. The number of carbonyl (C=O) groups excluding carboxylic acids is 2. The van der Waals surface area contributed by atoms with Gasteiger partial charge in [-0.3, -0.25) is 14.4 Å². The smallest absolute Gasteiger partial charge is 0.254 e. The Bertz CT molecular complexity index is 1200. The Morgan fingerprint density at radius 3 is 2.72 bits per heavy atom. The fourth-order valence-corrected chi connectivity index (χ4v) is 5.18. The maximum absolute atomic E-state index is 12.8. The fraction of sp³-hybridized carbons (Fsp3) is 0.333. The molecule has 1 fully saturated rings.